The molecule has 2 aliphatic rings. The van der Waals surface area contributed by atoms with Crippen LogP contribution >= 0.6 is 0 Å². The van der Waals surface area contributed by atoms with Crippen LogP contribution in [0.5, 0.6) is 11.5 Å². The summed E-state index contributed by atoms with van der Waals surface area (Å²) in [6.07, 6.45) is 4.17. The number of rotatable bonds is 8. The molecule has 0 aromatic heterocycles. The molecule has 30 heavy (non-hydrogen) atoms. The summed E-state index contributed by atoms with van der Waals surface area (Å²) in [5, 5.41) is 0. The standard InChI is InChI=1S/C21H29NO7S/c1-3-28-18-9-8-15(12-19(18)27-2)21(24)29-13-20(23)22(16-6-4-5-7-16)17-10-11-30(25,26)14-17/h8-9,12,16-17H,3-7,10-11,13-14H2,1-2H3. The Morgan fingerprint density at radius 2 is 1.83 bits per heavy atom. The molecule has 0 bridgehead atoms. The number of carbonyl (C=O) groups excluding carboxylic acids is 2. The summed E-state index contributed by atoms with van der Waals surface area (Å²) in [6.45, 7) is 1.89. The van der Waals surface area contributed by atoms with E-state index in [-0.39, 0.29) is 35.1 Å². The maximum Gasteiger partial charge on any atom is 0.338 e. The molecule has 3 rings (SSSR count). The monoisotopic (exact) mass is 439 g/mol. The van der Waals surface area contributed by atoms with Crippen LogP contribution in [0, 0.1) is 0 Å². The quantitative estimate of drug-likeness (QED) is 0.573. The predicted octanol–water partition coefficient (Wildman–Crippen LogP) is 2.21. The molecular weight excluding hydrogens is 410 g/mol. The molecule has 0 N–H and O–H groups in total. The number of nitrogens with zero attached hydrogens (tertiary/aromatic N) is 1. The number of methoxy groups -OCH3 is 1. The number of hydrogen-bond donors (Lipinski definition) is 0. The van der Waals surface area contributed by atoms with E-state index in [0.29, 0.717) is 24.5 Å². The Bertz CT molecular complexity index is 877. The summed E-state index contributed by atoms with van der Waals surface area (Å²) in [7, 11) is -1.64. The maximum absolute atomic E-state index is 12.9. The molecule has 1 aromatic rings. The van der Waals surface area contributed by atoms with Crippen LogP contribution in [-0.4, -0.2) is 69.1 Å². The summed E-state index contributed by atoms with van der Waals surface area (Å²) < 4.78 is 39.8. The van der Waals surface area contributed by atoms with Gasteiger partial charge in [0.05, 0.1) is 30.8 Å². The zero-order chi connectivity index (χ0) is 21.7. The molecule has 1 aliphatic carbocycles. The Balaban J connectivity index is 1.66. The summed E-state index contributed by atoms with van der Waals surface area (Å²) in [5.74, 6) is 0.0216. The third-order valence-corrected chi connectivity index (χ3v) is 7.38. The summed E-state index contributed by atoms with van der Waals surface area (Å²) in [5.41, 5.74) is 0.249. The van der Waals surface area contributed by atoms with Crippen LogP contribution in [-0.2, 0) is 19.4 Å². The van der Waals surface area contributed by atoms with E-state index < -0.39 is 22.4 Å². The first-order chi connectivity index (χ1) is 14.3. The van der Waals surface area contributed by atoms with Crippen molar-refractivity contribution in [2.45, 2.75) is 51.1 Å². The second-order valence-electron chi connectivity index (χ2n) is 7.67. The van der Waals surface area contributed by atoms with Crippen LogP contribution in [0.15, 0.2) is 18.2 Å². The smallest absolute Gasteiger partial charge is 0.338 e. The summed E-state index contributed by atoms with van der Waals surface area (Å²) in [6, 6.07) is 4.36. The fourth-order valence-corrected chi connectivity index (χ4v) is 5.95. The highest BCUT2D eigenvalue weighted by molar-refractivity contribution is 7.91. The van der Waals surface area contributed by atoms with Gasteiger partial charge in [-0.25, -0.2) is 13.2 Å². The number of benzene rings is 1. The number of carbonyl (C=O) groups is 2. The molecule has 1 unspecified atom stereocenters. The lowest BCUT2D eigenvalue weighted by atomic mass is 10.1. The van der Waals surface area contributed by atoms with Gasteiger partial charge in [-0.05, 0) is 44.4 Å². The van der Waals surface area contributed by atoms with Gasteiger partial charge in [-0.3, -0.25) is 4.79 Å². The third-order valence-electron chi connectivity index (χ3n) is 5.63. The van der Waals surface area contributed by atoms with Gasteiger partial charge in [0.25, 0.3) is 5.91 Å². The highest BCUT2D eigenvalue weighted by Crippen LogP contribution is 2.30. The van der Waals surface area contributed by atoms with E-state index in [1.54, 1.807) is 17.0 Å². The van der Waals surface area contributed by atoms with Crippen molar-refractivity contribution in [2.24, 2.45) is 0 Å². The SMILES string of the molecule is CCOc1ccc(C(=O)OCC(=O)N(C2CCCC2)C2CCS(=O)(=O)C2)cc1OC. The van der Waals surface area contributed by atoms with Gasteiger partial charge in [-0.1, -0.05) is 12.8 Å². The van der Waals surface area contributed by atoms with E-state index in [1.807, 2.05) is 6.92 Å². The van der Waals surface area contributed by atoms with Gasteiger partial charge in [0.15, 0.2) is 27.9 Å². The van der Waals surface area contributed by atoms with Crippen molar-refractivity contribution in [3.05, 3.63) is 23.8 Å². The fraction of sp³-hybridized carbons (Fsp3) is 0.619. The normalized spacial score (nSPS) is 20.7. The van der Waals surface area contributed by atoms with Crippen molar-refractivity contribution < 1.29 is 32.2 Å². The molecule has 1 amide bonds. The van der Waals surface area contributed by atoms with Gasteiger partial charge in [0, 0.05) is 12.1 Å². The average molecular weight is 440 g/mol. The van der Waals surface area contributed by atoms with Gasteiger partial charge in [0.2, 0.25) is 0 Å². The van der Waals surface area contributed by atoms with E-state index in [2.05, 4.69) is 0 Å². The molecule has 1 atom stereocenters. The molecule has 1 heterocycles. The lowest BCUT2D eigenvalue weighted by molar-refractivity contribution is -0.139. The maximum atomic E-state index is 12.9. The Kier molecular flexibility index (Phi) is 7.23. The first-order valence-electron chi connectivity index (χ1n) is 10.3. The molecule has 1 saturated carbocycles. The van der Waals surface area contributed by atoms with Gasteiger partial charge >= 0.3 is 5.97 Å². The van der Waals surface area contributed by atoms with Crippen molar-refractivity contribution in [3.63, 3.8) is 0 Å². The topological polar surface area (TPSA) is 99.2 Å². The Morgan fingerprint density at radius 1 is 1.10 bits per heavy atom. The molecule has 1 aliphatic heterocycles. The van der Waals surface area contributed by atoms with E-state index in [9.17, 15) is 18.0 Å². The van der Waals surface area contributed by atoms with Crippen LogP contribution in [0.2, 0.25) is 0 Å². The number of esters is 1. The first-order valence-corrected chi connectivity index (χ1v) is 12.2. The second kappa shape index (κ2) is 9.68. The Labute approximate surface area is 177 Å². The van der Waals surface area contributed by atoms with Gasteiger partial charge < -0.3 is 19.1 Å². The van der Waals surface area contributed by atoms with Crippen molar-refractivity contribution in [1.82, 2.24) is 4.90 Å². The summed E-state index contributed by atoms with van der Waals surface area (Å²) >= 11 is 0. The molecule has 1 aromatic carbocycles. The second-order valence-corrected chi connectivity index (χ2v) is 9.90. The minimum absolute atomic E-state index is 0.0140. The van der Waals surface area contributed by atoms with Crippen molar-refractivity contribution in [2.75, 3.05) is 31.8 Å². The molecule has 1 saturated heterocycles. The van der Waals surface area contributed by atoms with Crippen LogP contribution in [0.25, 0.3) is 0 Å². The van der Waals surface area contributed by atoms with E-state index >= 15 is 0 Å². The largest absolute Gasteiger partial charge is 0.493 e. The minimum Gasteiger partial charge on any atom is -0.493 e. The molecule has 0 radical (unpaired) electrons. The van der Waals surface area contributed by atoms with E-state index in [1.165, 1.54) is 13.2 Å². The first kappa shape index (κ1) is 22.4. The zero-order valence-electron chi connectivity index (χ0n) is 17.5. The molecule has 166 valence electrons. The van der Waals surface area contributed by atoms with Crippen LogP contribution < -0.4 is 9.47 Å². The molecule has 0 spiro atoms. The van der Waals surface area contributed by atoms with Gasteiger partial charge in [-0.2, -0.15) is 0 Å². The Hall–Kier alpha value is -2.29. The molecule has 2 fully saturated rings. The number of ether oxygens (including phenoxy) is 3. The lowest BCUT2D eigenvalue weighted by Crippen LogP contribution is -2.48. The number of sulfone groups is 1. The minimum atomic E-state index is -3.12. The lowest BCUT2D eigenvalue weighted by Gasteiger charge is -2.33. The van der Waals surface area contributed by atoms with Crippen molar-refractivity contribution in [3.8, 4) is 11.5 Å². The van der Waals surface area contributed by atoms with E-state index in [4.69, 9.17) is 14.2 Å². The number of hydrogen-bond acceptors (Lipinski definition) is 7. The molecular formula is C21H29NO7S. The van der Waals surface area contributed by atoms with Crippen LogP contribution in [0.3, 0.4) is 0 Å². The van der Waals surface area contributed by atoms with Crippen LogP contribution in [0.1, 0.15) is 49.4 Å². The van der Waals surface area contributed by atoms with Gasteiger partial charge in [-0.15, -0.1) is 0 Å². The van der Waals surface area contributed by atoms with Crippen molar-refractivity contribution in [1.29, 1.82) is 0 Å². The van der Waals surface area contributed by atoms with Gasteiger partial charge in [0.1, 0.15) is 0 Å². The Morgan fingerprint density at radius 3 is 2.43 bits per heavy atom. The highest BCUT2D eigenvalue weighted by atomic mass is 32.2. The third kappa shape index (κ3) is 5.24. The highest BCUT2D eigenvalue weighted by Gasteiger charge is 2.39. The molecule has 8 nitrogen and oxygen atoms in total. The van der Waals surface area contributed by atoms with Crippen LogP contribution in [0.4, 0.5) is 0 Å². The summed E-state index contributed by atoms with van der Waals surface area (Å²) in [4.78, 5) is 27.1. The fourth-order valence-electron chi connectivity index (χ4n) is 4.24. The zero-order valence-corrected chi connectivity index (χ0v) is 18.3. The van der Waals surface area contributed by atoms with Crippen molar-refractivity contribution >= 4 is 21.7 Å². The molecule has 9 heteroatoms. The van der Waals surface area contributed by atoms with E-state index in [0.717, 1.165) is 25.7 Å². The number of amides is 1. The average Bonchev–Trinajstić information content (AvgIpc) is 3.36. The predicted molar refractivity (Wildman–Crippen MR) is 111 cm³/mol.